The van der Waals surface area contributed by atoms with Crippen molar-refractivity contribution < 1.29 is 4.42 Å². The molecule has 0 saturated heterocycles. The van der Waals surface area contributed by atoms with E-state index in [-0.39, 0.29) is 5.63 Å². The smallest absolute Gasteiger partial charge is 0.336 e. The maximum absolute atomic E-state index is 12.3. The largest absolute Gasteiger partial charge is 0.423 e. The summed E-state index contributed by atoms with van der Waals surface area (Å²) in [6.45, 7) is 4.16. The van der Waals surface area contributed by atoms with Crippen LogP contribution in [0.3, 0.4) is 0 Å². The van der Waals surface area contributed by atoms with E-state index in [2.05, 4.69) is 70.0 Å². The molecule has 6 rings (SSSR count). The van der Waals surface area contributed by atoms with Crippen molar-refractivity contribution >= 4 is 33.6 Å². The van der Waals surface area contributed by atoms with Gasteiger partial charge in [0.1, 0.15) is 5.58 Å². The van der Waals surface area contributed by atoms with Gasteiger partial charge in [-0.15, -0.1) is 10.2 Å². The minimum atomic E-state index is -0.342. The number of nitrogens with zero attached hydrogens (tertiary/aromatic N) is 3. The molecule has 3 aromatic heterocycles. The van der Waals surface area contributed by atoms with E-state index in [4.69, 9.17) is 4.42 Å². The zero-order valence-corrected chi connectivity index (χ0v) is 20.8. The fourth-order valence-corrected chi connectivity index (χ4v) is 5.49. The molecular weight excluding hydrogens is 468 g/mol. The van der Waals surface area contributed by atoms with Crippen LogP contribution in [0.5, 0.6) is 0 Å². The highest BCUT2D eigenvalue weighted by Gasteiger charge is 2.19. The van der Waals surface area contributed by atoms with Crippen LogP contribution in [0.15, 0.2) is 93.4 Å². The Morgan fingerprint density at radius 2 is 1.86 bits per heavy atom. The maximum Gasteiger partial charge on any atom is 0.336 e. The Morgan fingerprint density at radius 3 is 2.72 bits per heavy atom. The zero-order chi connectivity index (χ0) is 24.6. The molecule has 6 aromatic rings. The van der Waals surface area contributed by atoms with Crippen molar-refractivity contribution in [1.29, 1.82) is 0 Å². The average Bonchev–Trinajstić information content (AvgIpc) is 3.50. The van der Waals surface area contributed by atoms with Gasteiger partial charge < -0.3 is 9.40 Å². The average molecular weight is 493 g/mol. The molecule has 0 spiro atoms. The maximum atomic E-state index is 12.3. The van der Waals surface area contributed by atoms with Crippen molar-refractivity contribution in [2.45, 2.75) is 31.2 Å². The molecular formula is C29H24N4O2S. The van der Waals surface area contributed by atoms with E-state index in [1.54, 1.807) is 17.8 Å². The molecule has 0 aliphatic carbocycles. The monoisotopic (exact) mass is 492 g/mol. The van der Waals surface area contributed by atoms with Gasteiger partial charge in [0, 0.05) is 45.6 Å². The quantitative estimate of drug-likeness (QED) is 0.207. The van der Waals surface area contributed by atoms with Crippen LogP contribution in [0.4, 0.5) is 0 Å². The first kappa shape index (κ1) is 22.4. The van der Waals surface area contributed by atoms with Crippen molar-refractivity contribution in [3.8, 4) is 17.1 Å². The van der Waals surface area contributed by atoms with Gasteiger partial charge in [-0.1, -0.05) is 61.2 Å². The summed E-state index contributed by atoms with van der Waals surface area (Å²) >= 11 is 1.56. The van der Waals surface area contributed by atoms with Crippen LogP contribution in [-0.2, 0) is 12.2 Å². The normalized spacial score (nSPS) is 11.5. The van der Waals surface area contributed by atoms with Gasteiger partial charge in [-0.25, -0.2) is 4.79 Å². The Hall–Kier alpha value is -4.10. The lowest BCUT2D eigenvalue weighted by atomic mass is 10.1. The minimum Gasteiger partial charge on any atom is -0.423 e. The standard InChI is InChI=1S/C29H24N4O2S/c1-3-19-11-12-22-20(15-27(34)35-26(22)14-19)17-36-29-32-31-28(33(29)21-8-6-7-18(2)13-21)24-16-30-25-10-5-4-9-23(24)25/h4-16,30H,3,17H2,1-2H3. The van der Waals surface area contributed by atoms with E-state index in [9.17, 15) is 4.79 Å². The van der Waals surface area contributed by atoms with Gasteiger partial charge in [0.2, 0.25) is 0 Å². The number of rotatable bonds is 6. The molecule has 0 radical (unpaired) electrons. The van der Waals surface area contributed by atoms with Crippen molar-refractivity contribution in [2.24, 2.45) is 0 Å². The Kier molecular flexibility index (Phi) is 5.70. The minimum absolute atomic E-state index is 0.342. The number of nitrogens with one attached hydrogen (secondary N) is 1. The predicted octanol–water partition coefficient (Wildman–Crippen LogP) is 6.69. The second-order valence-corrected chi connectivity index (χ2v) is 9.73. The van der Waals surface area contributed by atoms with E-state index in [1.165, 1.54) is 0 Å². The molecule has 0 fully saturated rings. The predicted molar refractivity (Wildman–Crippen MR) is 145 cm³/mol. The van der Waals surface area contributed by atoms with Crippen LogP contribution < -0.4 is 5.63 Å². The molecule has 3 aromatic carbocycles. The Labute approximate surface area is 212 Å². The van der Waals surface area contributed by atoms with Crippen LogP contribution in [0.2, 0.25) is 0 Å². The fourth-order valence-electron chi connectivity index (χ4n) is 4.55. The van der Waals surface area contributed by atoms with Gasteiger partial charge in [0.25, 0.3) is 0 Å². The lowest BCUT2D eigenvalue weighted by Crippen LogP contribution is -2.02. The van der Waals surface area contributed by atoms with Gasteiger partial charge in [0.05, 0.1) is 0 Å². The molecule has 3 heterocycles. The Bertz CT molecular complexity index is 1780. The summed E-state index contributed by atoms with van der Waals surface area (Å²) in [5.74, 6) is 1.33. The topological polar surface area (TPSA) is 76.7 Å². The number of benzene rings is 3. The third kappa shape index (κ3) is 4.01. The molecule has 6 nitrogen and oxygen atoms in total. The molecule has 0 bridgehead atoms. The number of hydrogen-bond acceptors (Lipinski definition) is 5. The van der Waals surface area contributed by atoms with Gasteiger partial charge >= 0.3 is 5.63 Å². The first-order chi connectivity index (χ1) is 17.6. The van der Waals surface area contributed by atoms with Crippen LogP contribution in [0.25, 0.3) is 38.9 Å². The summed E-state index contributed by atoms with van der Waals surface area (Å²) in [6.07, 6.45) is 2.87. The van der Waals surface area contributed by atoms with Crippen LogP contribution in [0, 0.1) is 6.92 Å². The van der Waals surface area contributed by atoms with Crippen molar-refractivity contribution in [1.82, 2.24) is 19.7 Å². The van der Waals surface area contributed by atoms with Crippen LogP contribution in [0.1, 0.15) is 23.6 Å². The number of H-pyrrole nitrogens is 1. The van der Waals surface area contributed by atoms with Crippen molar-refractivity contribution in [2.75, 3.05) is 0 Å². The van der Waals surface area contributed by atoms with Crippen molar-refractivity contribution in [3.05, 3.63) is 106 Å². The summed E-state index contributed by atoms with van der Waals surface area (Å²) in [5, 5.41) is 12.0. The third-order valence-corrected chi connectivity index (χ3v) is 7.36. The number of aromatic amines is 1. The lowest BCUT2D eigenvalue weighted by Gasteiger charge is -2.11. The molecule has 7 heteroatoms. The number of thioether (sulfide) groups is 1. The van der Waals surface area contributed by atoms with E-state index in [0.717, 1.165) is 61.6 Å². The van der Waals surface area contributed by atoms with E-state index < -0.39 is 0 Å². The summed E-state index contributed by atoms with van der Waals surface area (Å²) in [4.78, 5) is 15.7. The number of aryl methyl sites for hydroxylation is 2. The Morgan fingerprint density at radius 1 is 0.972 bits per heavy atom. The lowest BCUT2D eigenvalue weighted by molar-refractivity contribution is 0.559. The second kappa shape index (κ2) is 9.17. The molecule has 0 aliphatic heterocycles. The van der Waals surface area contributed by atoms with Crippen molar-refractivity contribution in [3.63, 3.8) is 0 Å². The first-order valence-electron chi connectivity index (χ1n) is 11.9. The molecule has 1 N–H and O–H groups in total. The van der Waals surface area contributed by atoms with Crippen LogP contribution in [-0.4, -0.2) is 19.7 Å². The first-order valence-corrected chi connectivity index (χ1v) is 12.9. The number of hydrogen-bond donors (Lipinski definition) is 1. The zero-order valence-electron chi connectivity index (χ0n) is 20.0. The highest BCUT2D eigenvalue weighted by Crippen LogP contribution is 2.34. The summed E-state index contributed by atoms with van der Waals surface area (Å²) in [6, 6.07) is 24.1. The van der Waals surface area contributed by atoms with Gasteiger partial charge in [-0.2, -0.15) is 0 Å². The summed E-state index contributed by atoms with van der Waals surface area (Å²) in [5.41, 5.74) is 6.52. The number of para-hydroxylation sites is 1. The number of fused-ring (bicyclic) bond motifs is 2. The van der Waals surface area contributed by atoms with Gasteiger partial charge in [-0.05, 0) is 54.3 Å². The van der Waals surface area contributed by atoms with E-state index in [0.29, 0.717) is 11.3 Å². The molecule has 36 heavy (non-hydrogen) atoms. The van der Waals surface area contributed by atoms with E-state index in [1.807, 2.05) is 36.5 Å². The molecule has 0 unspecified atom stereocenters. The summed E-state index contributed by atoms with van der Waals surface area (Å²) in [7, 11) is 0. The molecule has 0 aliphatic rings. The highest BCUT2D eigenvalue weighted by molar-refractivity contribution is 7.98. The van der Waals surface area contributed by atoms with Gasteiger partial charge in [0.15, 0.2) is 11.0 Å². The third-order valence-electron chi connectivity index (χ3n) is 6.38. The SMILES string of the molecule is CCc1ccc2c(CSc3nnc(-c4c[nH]c5ccccc45)n3-c3cccc(C)c3)cc(=O)oc2c1. The highest BCUT2D eigenvalue weighted by atomic mass is 32.2. The van der Waals surface area contributed by atoms with Crippen LogP contribution >= 0.6 is 11.8 Å². The second-order valence-electron chi connectivity index (χ2n) is 8.79. The molecule has 0 atom stereocenters. The number of aromatic nitrogens is 4. The molecule has 178 valence electrons. The fraction of sp³-hybridized carbons (Fsp3) is 0.138. The molecule has 0 saturated carbocycles. The van der Waals surface area contributed by atoms with E-state index >= 15 is 0 Å². The Balaban J connectivity index is 1.45. The summed E-state index contributed by atoms with van der Waals surface area (Å²) < 4.78 is 7.59. The van der Waals surface area contributed by atoms with Gasteiger partial charge in [-0.3, -0.25) is 4.57 Å². The molecule has 0 amide bonds.